The Balaban J connectivity index is 1.75. The second-order valence-corrected chi connectivity index (χ2v) is 7.68. The highest BCUT2D eigenvalue weighted by Gasteiger charge is 2.15. The lowest BCUT2D eigenvalue weighted by Crippen LogP contribution is -2.24. The minimum absolute atomic E-state index is 0.0252. The molecule has 1 heterocycles. The molecule has 142 valence electrons. The monoisotopic (exact) mass is 394 g/mol. The van der Waals surface area contributed by atoms with Crippen molar-refractivity contribution in [1.29, 1.82) is 0 Å². The van der Waals surface area contributed by atoms with Gasteiger partial charge in [0.05, 0.1) is 18.0 Å². The SMILES string of the molecule is C#CCNS(=O)(=O)c1cccc(C(=O)Nc2cccc(Cn3cccn3)c2)c1. The summed E-state index contributed by atoms with van der Waals surface area (Å²) in [6, 6.07) is 15.0. The van der Waals surface area contributed by atoms with Gasteiger partial charge in [-0.1, -0.05) is 24.1 Å². The number of benzene rings is 2. The number of anilines is 1. The van der Waals surface area contributed by atoms with E-state index in [0.29, 0.717) is 12.2 Å². The summed E-state index contributed by atoms with van der Waals surface area (Å²) in [6.07, 6.45) is 8.64. The number of nitrogens with one attached hydrogen (secondary N) is 2. The maximum atomic E-state index is 12.6. The quantitative estimate of drug-likeness (QED) is 0.600. The summed E-state index contributed by atoms with van der Waals surface area (Å²) >= 11 is 0. The fourth-order valence-corrected chi connectivity index (χ4v) is 3.54. The molecule has 7 nitrogen and oxygen atoms in total. The van der Waals surface area contributed by atoms with E-state index in [-0.39, 0.29) is 17.0 Å². The molecule has 3 aromatic rings. The van der Waals surface area contributed by atoms with Crippen molar-refractivity contribution in [1.82, 2.24) is 14.5 Å². The second kappa shape index (κ2) is 8.52. The molecule has 1 aromatic heterocycles. The van der Waals surface area contributed by atoms with E-state index < -0.39 is 15.9 Å². The summed E-state index contributed by atoms with van der Waals surface area (Å²) in [5.41, 5.74) is 1.80. The maximum absolute atomic E-state index is 12.6. The molecule has 0 unspecified atom stereocenters. The summed E-state index contributed by atoms with van der Waals surface area (Å²) < 4.78 is 28.4. The fraction of sp³-hybridized carbons (Fsp3) is 0.100. The van der Waals surface area contributed by atoms with E-state index in [9.17, 15) is 13.2 Å². The van der Waals surface area contributed by atoms with Crippen molar-refractivity contribution in [3.05, 3.63) is 78.1 Å². The third kappa shape index (κ3) is 4.85. The van der Waals surface area contributed by atoms with Crippen molar-refractivity contribution < 1.29 is 13.2 Å². The van der Waals surface area contributed by atoms with Crippen molar-refractivity contribution in [2.45, 2.75) is 11.4 Å². The van der Waals surface area contributed by atoms with E-state index in [4.69, 9.17) is 6.42 Å². The van der Waals surface area contributed by atoms with Crippen LogP contribution in [-0.4, -0.2) is 30.7 Å². The van der Waals surface area contributed by atoms with Crippen LogP contribution in [0.3, 0.4) is 0 Å². The maximum Gasteiger partial charge on any atom is 0.255 e. The molecule has 1 amide bonds. The van der Waals surface area contributed by atoms with Crippen LogP contribution in [-0.2, 0) is 16.6 Å². The smallest absolute Gasteiger partial charge is 0.255 e. The Morgan fingerprint density at radius 1 is 1.14 bits per heavy atom. The first-order valence-corrected chi connectivity index (χ1v) is 9.87. The number of nitrogens with zero attached hydrogens (tertiary/aromatic N) is 2. The van der Waals surface area contributed by atoms with Gasteiger partial charge >= 0.3 is 0 Å². The molecule has 28 heavy (non-hydrogen) atoms. The first-order chi connectivity index (χ1) is 13.5. The zero-order chi connectivity index (χ0) is 20.0. The van der Waals surface area contributed by atoms with Crippen LogP contribution in [0.4, 0.5) is 5.69 Å². The zero-order valence-corrected chi connectivity index (χ0v) is 15.7. The average Bonchev–Trinajstić information content (AvgIpc) is 3.20. The van der Waals surface area contributed by atoms with Gasteiger partial charge in [0, 0.05) is 23.6 Å². The summed E-state index contributed by atoms with van der Waals surface area (Å²) in [5, 5.41) is 6.94. The molecule has 2 N–H and O–H groups in total. The molecule has 0 aliphatic rings. The van der Waals surface area contributed by atoms with Crippen LogP contribution in [0.15, 0.2) is 71.9 Å². The van der Waals surface area contributed by atoms with E-state index in [1.54, 1.807) is 23.0 Å². The van der Waals surface area contributed by atoms with Crippen molar-refractivity contribution in [3.8, 4) is 12.3 Å². The molecule has 0 fully saturated rings. The molecule has 0 atom stereocenters. The molecule has 0 aliphatic carbocycles. The minimum atomic E-state index is -3.77. The van der Waals surface area contributed by atoms with Crippen molar-refractivity contribution in [3.63, 3.8) is 0 Å². The zero-order valence-electron chi connectivity index (χ0n) is 14.9. The molecule has 0 saturated heterocycles. The summed E-state index contributed by atoms with van der Waals surface area (Å²) in [5.74, 6) is 1.80. The number of sulfonamides is 1. The van der Waals surface area contributed by atoms with E-state index in [0.717, 1.165) is 5.56 Å². The number of terminal acetylenes is 1. The first-order valence-electron chi connectivity index (χ1n) is 8.39. The highest BCUT2D eigenvalue weighted by atomic mass is 32.2. The van der Waals surface area contributed by atoms with E-state index in [1.165, 1.54) is 18.2 Å². The van der Waals surface area contributed by atoms with Crippen LogP contribution in [0.5, 0.6) is 0 Å². The Labute approximate surface area is 163 Å². The van der Waals surface area contributed by atoms with Gasteiger partial charge in [0.1, 0.15) is 0 Å². The Kier molecular flexibility index (Phi) is 5.89. The van der Waals surface area contributed by atoms with Gasteiger partial charge in [-0.05, 0) is 42.0 Å². The molecule has 0 spiro atoms. The molecule has 0 saturated carbocycles. The highest BCUT2D eigenvalue weighted by Crippen LogP contribution is 2.16. The van der Waals surface area contributed by atoms with Gasteiger partial charge in [0.2, 0.25) is 10.0 Å². The number of amides is 1. The van der Waals surface area contributed by atoms with Crippen LogP contribution < -0.4 is 10.0 Å². The van der Waals surface area contributed by atoms with Crippen LogP contribution in [0.25, 0.3) is 0 Å². The van der Waals surface area contributed by atoms with E-state index in [1.807, 2.05) is 30.5 Å². The molecule has 0 radical (unpaired) electrons. The Hall–Kier alpha value is -3.41. The highest BCUT2D eigenvalue weighted by molar-refractivity contribution is 7.89. The van der Waals surface area contributed by atoms with Crippen molar-refractivity contribution in [2.24, 2.45) is 0 Å². The lowest BCUT2D eigenvalue weighted by molar-refractivity contribution is 0.102. The predicted octanol–water partition coefficient (Wildman–Crippen LogP) is 2.10. The molecule has 8 heteroatoms. The van der Waals surface area contributed by atoms with Gasteiger partial charge in [0.25, 0.3) is 5.91 Å². The minimum Gasteiger partial charge on any atom is -0.322 e. The number of rotatable bonds is 7. The largest absolute Gasteiger partial charge is 0.322 e. The number of carbonyl (C=O) groups excluding carboxylic acids is 1. The lowest BCUT2D eigenvalue weighted by Gasteiger charge is -2.09. The molecular formula is C20H18N4O3S. The number of aromatic nitrogens is 2. The predicted molar refractivity (Wildman–Crippen MR) is 106 cm³/mol. The Morgan fingerprint density at radius 2 is 1.96 bits per heavy atom. The molecule has 0 bridgehead atoms. The number of hydrogen-bond donors (Lipinski definition) is 2. The van der Waals surface area contributed by atoms with Gasteiger partial charge in [-0.25, -0.2) is 8.42 Å². The first kappa shape index (κ1) is 19.4. The van der Waals surface area contributed by atoms with E-state index in [2.05, 4.69) is 21.1 Å². The van der Waals surface area contributed by atoms with Crippen molar-refractivity contribution >= 4 is 21.6 Å². The average molecular weight is 394 g/mol. The molecule has 3 rings (SSSR count). The van der Waals surface area contributed by atoms with Gasteiger partial charge < -0.3 is 5.32 Å². The van der Waals surface area contributed by atoms with Crippen LogP contribution in [0.2, 0.25) is 0 Å². The standard InChI is InChI=1S/C20H18N4O3S/c1-2-10-22-28(26,27)19-9-4-7-17(14-19)20(25)23-18-8-3-6-16(13-18)15-24-12-5-11-21-24/h1,3-9,11-14,22H,10,15H2,(H,23,25). The lowest BCUT2D eigenvalue weighted by atomic mass is 10.1. The second-order valence-electron chi connectivity index (χ2n) is 5.91. The molecule has 2 aromatic carbocycles. The van der Waals surface area contributed by atoms with Gasteiger partial charge in [-0.2, -0.15) is 9.82 Å². The topological polar surface area (TPSA) is 93.1 Å². The Morgan fingerprint density at radius 3 is 2.71 bits per heavy atom. The number of hydrogen-bond acceptors (Lipinski definition) is 4. The Bertz CT molecular complexity index is 1120. The summed E-state index contributed by atoms with van der Waals surface area (Å²) in [6.45, 7) is 0.451. The normalized spacial score (nSPS) is 11.0. The van der Waals surface area contributed by atoms with Crippen molar-refractivity contribution in [2.75, 3.05) is 11.9 Å². The summed E-state index contributed by atoms with van der Waals surface area (Å²) in [4.78, 5) is 12.5. The van der Waals surface area contributed by atoms with Crippen LogP contribution in [0, 0.1) is 12.3 Å². The molecule has 0 aliphatic heterocycles. The van der Waals surface area contributed by atoms with E-state index >= 15 is 0 Å². The van der Waals surface area contributed by atoms with Gasteiger partial charge in [0.15, 0.2) is 0 Å². The summed E-state index contributed by atoms with van der Waals surface area (Å²) in [7, 11) is -3.77. The third-order valence-electron chi connectivity index (χ3n) is 3.86. The van der Waals surface area contributed by atoms with Crippen LogP contribution >= 0.6 is 0 Å². The van der Waals surface area contributed by atoms with Gasteiger partial charge in [-0.3, -0.25) is 9.48 Å². The third-order valence-corrected chi connectivity index (χ3v) is 5.26. The fourth-order valence-electron chi connectivity index (χ4n) is 2.56. The number of carbonyl (C=O) groups is 1. The van der Waals surface area contributed by atoms with Gasteiger partial charge in [-0.15, -0.1) is 6.42 Å². The van der Waals surface area contributed by atoms with Crippen LogP contribution in [0.1, 0.15) is 15.9 Å². The molecular weight excluding hydrogens is 376 g/mol.